The first-order valence-corrected chi connectivity index (χ1v) is 5.28. The smallest absolute Gasteiger partial charge is 0.120 e. The minimum Gasteiger partial charge on any atom is -0.314 e. The Labute approximate surface area is 90.5 Å². The maximum absolute atomic E-state index is 5.23. The van der Waals surface area contributed by atoms with Crippen LogP contribution in [0.2, 0.25) is 0 Å². The Morgan fingerprint density at radius 1 is 1.36 bits per heavy atom. The number of nitrogens with two attached hydrogens (primary N) is 1. The van der Waals surface area contributed by atoms with Gasteiger partial charge in [-0.3, -0.25) is 0 Å². The second-order valence-corrected chi connectivity index (χ2v) is 3.68. The second kappa shape index (κ2) is 5.73. The van der Waals surface area contributed by atoms with Gasteiger partial charge in [-0.25, -0.2) is 5.84 Å². The average molecular weight is 208 g/mol. The third-order valence-electron chi connectivity index (χ3n) is 2.17. The van der Waals surface area contributed by atoms with Crippen LogP contribution >= 0.6 is 12.2 Å². The van der Waals surface area contributed by atoms with E-state index < -0.39 is 0 Å². The fourth-order valence-electron chi connectivity index (χ4n) is 1.29. The number of unbranched alkanes of at least 4 members (excludes halogenated alkanes) is 1. The quantitative estimate of drug-likeness (QED) is 0.452. The standard InChI is InChI=1S/C11H16N2S/c1-2-3-4-9-5-7-10(8-6-9)11(14)13-12/h5-8H,2-4,12H2,1H3,(H,13,14). The number of rotatable bonds is 4. The molecule has 76 valence electrons. The lowest BCUT2D eigenvalue weighted by molar-refractivity contribution is 0.795. The summed E-state index contributed by atoms with van der Waals surface area (Å²) in [6.07, 6.45) is 3.60. The second-order valence-electron chi connectivity index (χ2n) is 3.27. The molecule has 0 amide bonds. The van der Waals surface area contributed by atoms with Gasteiger partial charge < -0.3 is 5.43 Å². The summed E-state index contributed by atoms with van der Waals surface area (Å²) in [6.45, 7) is 2.20. The minimum absolute atomic E-state index is 0.590. The molecule has 0 aromatic heterocycles. The Morgan fingerprint density at radius 3 is 2.50 bits per heavy atom. The van der Waals surface area contributed by atoms with E-state index in [1.165, 1.54) is 18.4 Å². The van der Waals surface area contributed by atoms with Gasteiger partial charge in [-0.05, 0) is 18.4 Å². The number of hydrazine groups is 1. The molecule has 0 spiro atoms. The fraction of sp³-hybridized carbons (Fsp3) is 0.364. The number of benzene rings is 1. The molecular formula is C11H16N2S. The SMILES string of the molecule is CCCCc1ccc(C(=S)NN)cc1. The van der Waals surface area contributed by atoms with Crippen LogP contribution in [-0.2, 0) is 6.42 Å². The molecule has 0 saturated heterocycles. The molecule has 0 radical (unpaired) electrons. The highest BCUT2D eigenvalue weighted by molar-refractivity contribution is 7.80. The van der Waals surface area contributed by atoms with Crippen LogP contribution in [0.4, 0.5) is 0 Å². The van der Waals surface area contributed by atoms with Gasteiger partial charge in [0.1, 0.15) is 4.99 Å². The van der Waals surface area contributed by atoms with E-state index >= 15 is 0 Å². The van der Waals surface area contributed by atoms with Crippen molar-refractivity contribution in [2.45, 2.75) is 26.2 Å². The Hall–Kier alpha value is -0.930. The number of hydrogen-bond acceptors (Lipinski definition) is 2. The lowest BCUT2D eigenvalue weighted by atomic mass is 10.1. The summed E-state index contributed by atoms with van der Waals surface area (Å²) < 4.78 is 0. The molecule has 3 N–H and O–H groups in total. The molecule has 1 rings (SSSR count). The lowest BCUT2D eigenvalue weighted by Gasteiger charge is -2.04. The van der Waals surface area contributed by atoms with E-state index in [1.807, 2.05) is 12.1 Å². The average Bonchev–Trinajstić information content (AvgIpc) is 2.26. The molecule has 3 heteroatoms. The Morgan fingerprint density at radius 2 is 2.00 bits per heavy atom. The molecule has 0 heterocycles. The number of hydrogen-bond donors (Lipinski definition) is 2. The monoisotopic (exact) mass is 208 g/mol. The predicted octanol–water partition coefficient (Wildman–Crippen LogP) is 2.17. The van der Waals surface area contributed by atoms with Crippen molar-refractivity contribution in [2.75, 3.05) is 0 Å². The third kappa shape index (κ3) is 3.09. The van der Waals surface area contributed by atoms with Crippen LogP contribution in [0.15, 0.2) is 24.3 Å². The van der Waals surface area contributed by atoms with Crippen LogP contribution < -0.4 is 11.3 Å². The zero-order chi connectivity index (χ0) is 10.4. The summed E-state index contributed by atoms with van der Waals surface area (Å²) in [5, 5.41) is 0. The minimum atomic E-state index is 0.590. The first kappa shape index (κ1) is 11.1. The normalized spacial score (nSPS) is 9.86. The Balaban J connectivity index is 2.63. The highest BCUT2D eigenvalue weighted by atomic mass is 32.1. The number of nitrogens with one attached hydrogen (secondary N) is 1. The zero-order valence-corrected chi connectivity index (χ0v) is 9.23. The van der Waals surface area contributed by atoms with E-state index in [2.05, 4.69) is 24.5 Å². The first-order chi connectivity index (χ1) is 6.77. The largest absolute Gasteiger partial charge is 0.314 e. The van der Waals surface area contributed by atoms with E-state index in [0.717, 1.165) is 12.0 Å². The molecule has 0 saturated carbocycles. The van der Waals surface area contributed by atoms with Crippen molar-refractivity contribution in [3.63, 3.8) is 0 Å². The van der Waals surface area contributed by atoms with E-state index in [9.17, 15) is 0 Å². The van der Waals surface area contributed by atoms with Crippen molar-refractivity contribution in [1.29, 1.82) is 0 Å². The molecule has 0 bridgehead atoms. The van der Waals surface area contributed by atoms with Crippen molar-refractivity contribution in [1.82, 2.24) is 5.43 Å². The topological polar surface area (TPSA) is 38.0 Å². The maximum atomic E-state index is 5.23. The molecule has 0 atom stereocenters. The van der Waals surface area contributed by atoms with Crippen molar-refractivity contribution in [3.05, 3.63) is 35.4 Å². The molecule has 0 aliphatic rings. The molecule has 1 aromatic rings. The van der Waals surface area contributed by atoms with E-state index in [0.29, 0.717) is 4.99 Å². The summed E-state index contributed by atoms with van der Waals surface area (Å²) >= 11 is 5.02. The molecular weight excluding hydrogens is 192 g/mol. The van der Waals surface area contributed by atoms with Crippen LogP contribution in [0, 0.1) is 0 Å². The van der Waals surface area contributed by atoms with Crippen LogP contribution in [0.25, 0.3) is 0 Å². The summed E-state index contributed by atoms with van der Waals surface area (Å²) in [4.78, 5) is 0.590. The van der Waals surface area contributed by atoms with Crippen molar-refractivity contribution >= 4 is 17.2 Å². The molecule has 14 heavy (non-hydrogen) atoms. The zero-order valence-electron chi connectivity index (χ0n) is 8.42. The summed E-state index contributed by atoms with van der Waals surface area (Å²) in [7, 11) is 0. The van der Waals surface area contributed by atoms with Crippen LogP contribution in [-0.4, -0.2) is 4.99 Å². The van der Waals surface area contributed by atoms with Gasteiger partial charge in [-0.2, -0.15) is 0 Å². The van der Waals surface area contributed by atoms with Crippen molar-refractivity contribution in [2.24, 2.45) is 5.84 Å². The van der Waals surface area contributed by atoms with E-state index in [4.69, 9.17) is 18.1 Å². The van der Waals surface area contributed by atoms with Gasteiger partial charge in [0.05, 0.1) is 0 Å². The van der Waals surface area contributed by atoms with Gasteiger partial charge in [0.25, 0.3) is 0 Å². The van der Waals surface area contributed by atoms with Crippen molar-refractivity contribution in [3.8, 4) is 0 Å². The van der Waals surface area contributed by atoms with Crippen LogP contribution in [0.3, 0.4) is 0 Å². The van der Waals surface area contributed by atoms with E-state index in [-0.39, 0.29) is 0 Å². The lowest BCUT2D eigenvalue weighted by Crippen LogP contribution is -2.28. The molecule has 0 aliphatic heterocycles. The summed E-state index contributed by atoms with van der Waals surface area (Å²) in [6, 6.07) is 8.23. The molecule has 1 aromatic carbocycles. The van der Waals surface area contributed by atoms with Gasteiger partial charge in [0.2, 0.25) is 0 Å². The summed E-state index contributed by atoms with van der Waals surface area (Å²) in [5.41, 5.74) is 4.81. The number of thiocarbonyl (C=S) groups is 1. The summed E-state index contributed by atoms with van der Waals surface area (Å²) in [5.74, 6) is 5.23. The highest BCUT2D eigenvalue weighted by Gasteiger charge is 1.98. The van der Waals surface area contributed by atoms with Gasteiger partial charge in [0.15, 0.2) is 0 Å². The molecule has 0 unspecified atom stereocenters. The highest BCUT2D eigenvalue weighted by Crippen LogP contribution is 2.07. The molecule has 0 fully saturated rings. The molecule has 2 nitrogen and oxygen atoms in total. The van der Waals surface area contributed by atoms with Gasteiger partial charge in [0, 0.05) is 5.56 Å². The third-order valence-corrected chi connectivity index (χ3v) is 2.52. The Kier molecular flexibility index (Phi) is 4.56. The maximum Gasteiger partial charge on any atom is 0.120 e. The predicted molar refractivity (Wildman–Crippen MR) is 64.1 cm³/mol. The Bertz CT molecular complexity index is 293. The van der Waals surface area contributed by atoms with Crippen LogP contribution in [0.5, 0.6) is 0 Å². The fourth-order valence-corrected chi connectivity index (χ4v) is 1.42. The van der Waals surface area contributed by atoms with E-state index in [1.54, 1.807) is 0 Å². The number of aryl methyl sites for hydroxylation is 1. The van der Waals surface area contributed by atoms with Crippen LogP contribution in [0.1, 0.15) is 30.9 Å². The van der Waals surface area contributed by atoms with Gasteiger partial charge in [-0.1, -0.05) is 49.8 Å². The first-order valence-electron chi connectivity index (χ1n) is 4.87. The van der Waals surface area contributed by atoms with Gasteiger partial charge >= 0.3 is 0 Å². The molecule has 0 aliphatic carbocycles. The van der Waals surface area contributed by atoms with Gasteiger partial charge in [-0.15, -0.1) is 0 Å². The van der Waals surface area contributed by atoms with Crippen molar-refractivity contribution < 1.29 is 0 Å².